The minimum atomic E-state index is -0.631. The zero-order valence-electron chi connectivity index (χ0n) is 14.5. The first kappa shape index (κ1) is 16.4. The van der Waals surface area contributed by atoms with Crippen molar-refractivity contribution in [2.75, 3.05) is 18.2 Å². The maximum atomic E-state index is 11.9. The molecule has 0 aliphatic rings. The van der Waals surface area contributed by atoms with Gasteiger partial charge < -0.3 is 15.8 Å². The number of carbonyl (C=O) groups is 1. The number of rotatable bonds is 3. The van der Waals surface area contributed by atoms with Gasteiger partial charge in [0.2, 0.25) is 5.95 Å². The Morgan fingerprint density at radius 3 is 2.81 bits per heavy atom. The number of ether oxygens (including phenoxy) is 1. The third-order valence-electron chi connectivity index (χ3n) is 3.74. The van der Waals surface area contributed by atoms with Crippen molar-refractivity contribution in [3.63, 3.8) is 0 Å². The lowest BCUT2D eigenvalue weighted by Crippen LogP contribution is -2.15. The summed E-state index contributed by atoms with van der Waals surface area (Å²) in [6, 6.07) is 7.18. The van der Waals surface area contributed by atoms with Crippen LogP contribution in [0.3, 0.4) is 0 Å². The first-order chi connectivity index (χ1) is 13.1. The Kier molecular flexibility index (Phi) is 3.88. The lowest BCUT2D eigenvalue weighted by Gasteiger charge is -2.08. The number of hydrogen-bond donors (Lipinski definition) is 2. The molecule has 4 aromatic rings. The third-order valence-corrected chi connectivity index (χ3v) is 3.74. The van der Waals surface area contributed by atoms with E-state index in [9.17, 15) is 4.79 Å². The molecule has 4 heterocycles. The second kappa shape index (κ2) is 6.37. The molecule has 11 nitrogen and oxygen atoms in total. The average molecular weight is 365 g/mol. The van der Waals surface area contributed by atoms with E-state index in [2.05, 4.69) is 30.4 Å². The summed E-state index contributed by atoms with van der Waals surface area (Å²) in [5.41, 5.74) is 7.02. The quantitative estimate of drug-likeness (QED) is 0.554. The van der Waals surface area contributed by atoms with Crippen LogP contribution >= 0.6 is 0 Å². The van der Waals surface area contributed by atoms with Crippen molar-refractivity contribution in [1.29, 1.82) is 0 Å². The van der Waals surface area contributed by atoms with E-state index in [1.54, 1.807) is 13.0 Å². The Morgan fingerprint density at radius 2 is 2.04 bits per heavy atom. The van der Waals surface area contributed by atoms with E-state index in [0.29, 0.717) is 34.6 Å². The van der Waals surface area contributed by atoms with Crippen LogP contribution in [0.5, 0.6) is 0 Å². The highest BCUT2D eigenvalue weighted by Gasteiger charge is 2.20. The van der Waals surface area contributed by atoms with Gasteiger partial charge in [-0.2, -0.15) is 15.1 Å². The van der Waals surface area contributed by atoms with Crippen molar-refractivity contribution in [2.24, 2.45) is 0 Å². The van der Waals surface area contributed by atoms with E-state index in [-0.39, 0.29) is 5.95 Å². The molecule has 4 aromatic heterocycles. The van der Waals surface area contributed by atoms with Gasteiger partial charge in [0.1, 0.15) is 23.0 Å². The SMILES string of the molecule is COC(=O)n1nccc1Nc1nc2ccccn2c1-c1nc(C)nc(N)n1. The smallest absolute Gasteiger partial charge is 0.436 e. The molecular formula is C16H15N9O2. The number of anilines is 3. The van der Waals surface area contributed by atoms with E-state index in [1.165, 1.54) is 13.3 Å². The van der Waals surface area contributed by atoms with Crippen molar-refractivity contribution < 1.29 is 9.53 Å². The second-order valence-electron chi connectivity index (χ2n) is 5.53. The van der Waals surface area contributed by atoms with Crippen LogP contribution in [0.2, 0.25) is 0 Å². The minimum absolute atomic E-state index is 0.105. The summed E-state index contributed by atoms with van der Waals surface area (Å²) < 4.78 is 7.62. The number of imidazole rings is 1. The molecule has 11 heteroatoms. The third kappa shape index (κ3) is 2.90. The zero-order valence-corrected chi connectivity index (χ0v) is 14.5. The maximum absolute atomic E-state index is 11.9. The van der Waals surface area contributed by atoms with Crippen molar-refractivity contribution in [3.8, 4) is 11.5 Å². The van der Waals surface area contributed by atoms with Crippen LogP contribution in [-0.2, 0) is 4.74 Å². The Hall–Kier alpha value is -4.02. The van der Waals surface area contributed by atoms with Crippen LogP contribution in [0.4, 0.5) is 22.4 Å². The fourth-order valence-electron chi connectivity index (χ4n) is 2.66. The van der Waals surface area contributed by atoms with Crippen LogP contribution in [0.1, 0.15) is 5.82 Å². The van der Waals surface area contributed by atoms with E-state index >= 15 is 0 Å². The normalized spacial score (nSPS) is 10.9. The molecule has 4 rings (SSSR count). The Labute approximate surface area is 152 Å². The van der Waals surface area contributed by atoms with Gasteiger partial charge in [-0.15, -0.1) is 4.68 Å². The summed E-state index contributed by atoms with van der Waals surface area (Å²) in [4.78, 5) is 29.0. The van der Waals surface area contributed by atoms with Crippen LogP contribution in [0.25, 0.3) is 17.2 Å². The molecular weight excluding hydrogens is 350 g/mol. The van der Waals surface area contributed by atoms with E-state index < -0.39 is 6.09 Å². The summed E-state index contributed by atoms with van der Waals surface area (Å²) in [6.45, 7) is 1.73. The van der Waals surface area contributed by atoms with Gasteiger partial charge in [0.15, 0.2) is 11.6 Å². The van der Waals surface area contributed by atoms with Crippen molar-refractivity contribution in [3.05, 3.63) is 42.5 Å². The Balaban J connectivity index is 1.89. The van der Waals surface area contributed by atoms with Crippen molar-refractivity contribution in [2.45, 2.75) is 6.92 Å². The number of fused-ring (bicyclic) bond motifs is 1. The van der Waals surface area contributed by atoms with Gasteiger partial charge in [-0.25, -0.2) is 14.8 Å². The number of aromatic nitrogens is 7. The lowest BCUT2D eigenvalue weighted by atomic mass is 10.3. The summed E-state index contributed by atoms with van der Waals surface area (Å²) in [5.74, 6) is 1.75. The van der Waals surface area contributed by atoms with Gasteiger partial charge in [-0.3, -0.25) is 4.40 Å². The molecule has 0 aliphatic carbocycles. The number of methoxy groups -OCH3 is 1. The molecule has 0 bridgehead atoms. The number of aryl methyl sites for hydroxylation is 1. The molecule has 0 amide bonds. The number of nitrogens with zero attached hydrogens (tertiary/aromatic N) is 7. The van der Waals surface area contributed by atoms with Crippen LogP contribution in [0, 0.1) is 6.92 Å². The van der Waals surface area contributed by atoms with Crippen molar-refractivity contribution in [1.82, 2.24) is 34.1 Å². The number of nitrogen functional groups attached to an aromatic ring is 1. The van der Waals surface area contributed by atoms with E-state index in [0.717, 1.165) is 4.68 Å². The van der Waals surface area contributed by atoms with Crippen LogP contribution in [-0.4, -0.2) is 47.3 Å². The number of nitrogens with one attached hydrogen (secondary N) is 1. The molecule has 0 saturated heterocycles. The summed E-state index contributed by atoms with van der Waals surface area (Å²) in [5, 5.41) is 7.04. The summed E-state index contributed by atoms with van der Waals surface area (Å²) in [6.07, 6.45) is 2.67. The number of nitrogens with two attached hydrogens (primary N) is 1. The molecule has 27 heavy (non-hydrogen) atoms. The van der Waals surface area contributed by atoms with Crippen molar-refractivity contribution >= 4 is 29.3 Å². The van der Waals surface area contributed by atoms with Gasteiger partial charge in [0.25, 0.3) is 0 Å². The predicted octanol–water partition coefficient (Wildman–Crippen LogP) is 1.63. The van der Waals surface area contributed by atoms with E-state index in [1.807, 2.05) is 28.8 Å². The highest BCUT2D eigenvalue weighted by atomic mass is 16.5. The first-order valence-electron chi connectivity index (χ1n) is 7.92. The monoisotopic (exact) mass is 365 g/mol. The molecule has 0 fully saturated rings. The largest absolute Gasteiger partial charge is 0.451 e. The summed E-state index contributed by atoms with van der Waals surface area (Å²) >= 11 is 0. The second-order valence-corrected chi connectivity index (χ2v) is 5.53. The van der Waals surface area contributed by atoms with Gasteiger partial charge in [-0.05, 0) is 19.1 Å². The predicted molar refractivity (Wildman–Crippen MR) is 96.5 cm³/mol. The topological polar surface area (TPSA) is 138 Å². The van der Waals surface area contributed by atoms with E-state index in [4.69, 9.17) is 10.5 Å². The fourth-order valence-corrected chi connectivity index (χ4v) is 2.66. The molecule has 0 spiro atoms. The molecule has 0 saturated carbocycles. The zero-order chi connectivity index (χ0) is 19.0. The maximum Gasteiger partial charge on any atom is 0.436 e. The first-order valence-corrected chi connectivity index (χ1v) is 7.92. The molecule has 136 valence electrons. The molecule has 0 aromatic carbocycles. The Bertz CT molecular complexity index is 1130. The standard InChI is InChI=1S/C16H15N9O2/c1-9-19-13(23-15(17)20-9)12-14(21-10-5-3-4-8-24(10)12)22-11-6-7-18-25(11)16(26)27-2/h3-8,22H,1-2H3,(H2,17,19,20,23). The molecule has 0 radical (unpaired) electrons. The number of hydrogen-bond acceptors (Lipinski definition) is 9. The molecule has 0 aliphatic heterocycles. The lowest BCUT2D eigenvalue weighted by molar-refractivity contribution is 0.170. The number of carbonyl (C=O) groups excluding carboxylic acids is 1. The fraction of sp³-hybridized carbons (Fsp3) is 0.125. The highest BCUT2D eigenvalue weighted by Crippen LogP contribution is 2.29. The van der Waals surface area contributed by atoms with Crippen LogP contribution in [0.15, 0.2) is 36.7 Å². The molecule has 3 N–H and O–H groups in total. The summed E-state index contributed by atoms with van der Waals surface area (Å²) in [7, 11) is 1.28. The molecule has 0 atom stereocenters. The number of pyridine rings is 1. The average Bonchev–Trinajstić information content (AvgIpc) is 3.24. The van der Waals surface area contributed by atoms with Gasteiger partial charge in [0, 0.05) is 12.3 Å². The van der Waals surface area contributed by atoms with Gasteiger partial charge in [-0.1, -0.05) is 6.07 Å². The van der Waals surface area contributed by atoms with Gasteiger partial charge in [0.05, 0.1) is 13.3 Å². The van der Waals surface area contributed by atoms with Crippen LogP contribution < -0.4 is 11.1 Å². The Morgan fingerprint density at radius 1 is 1.19 bits per heavy atom. The minimum Gasteiger partial charge on any atom is -0.451 e. The van der Waals surface area contributed by atoms with Gasteiger partial charge >= 0.3 is 6.09 Å². The molecule has 0 unspecified atom stereocenters. The highest BCUT2D eigenvalue weighted by molar-refractivity contribution is 5.79.